The van der Waals surface area contributed by atoms with Gasteiger partial charge in [0.25, 0.3) is 0 Å². The van der Waals surface area contributed by atoms with Crippen molar-refractivity contribution in [3.05, 3.63) is 24.3 Å². The number of esters is 1. The Morgan fingerprint density at radius 2 is 0.641 bits per heavy atom. The number of aliphatic hydroxyl groups excluding tert-OH is 2. The molecule has 0 aromatic carbocycles. The standard InChI is InChI=1S/C72H139NO5/c1-3-5-7-9-11-13-15-17-19-21-22-23-27-30-33-36-40-44-48-52-56-60-64-70(75)69(68-74)73-71(76)65-61-57-53-49-45-41-37-34-31-28-25-24-26-29-32-35-39-43-47-51-55-59-63-67-78-72(77)66-62-58-54-50-46-42-38-20-18-16-14-12-10-8-6-4-2/h24,26,28,31,69-70,74-75H,3-23,25,27,29-30,32-68H2,1-2H3,(H,73,76)/b26-24-,31-28-. The van der Waals surface area contributed by atoms with Gasteiger partial charge < -0.3 is 20.3 Å². The van der Waals surface area contributed by atoms with Crippen LogP contribution in [0.3, 0.4) is 0 Å². The number of carbonyl (C=O) groups excluding carboxylic acids is 2. The van der Waals surface area contributed by atoms with Gasteiger partial charge in [-0.25, -0.2) is 0 Å². The summed E-state index contributed by atoms with van der Waals surface area (Å²) in [6.07, 6.45) is 85.1. The third kappa shape index (κ3) is 63.5. The highest BCUT2D eigenvalue weighted by atomic mass is 16.5. The van der Waals surface area contributed by atoms with Crippen LogP contribution < -0.4 is 5.32 Å². The summed E-state index contributed by atoms with van der Waals surface area (Å²) in [4.78, 5) is 24.6. The van der Waals surface area contributed by atoms with Gasteiger partial charge in [0, 0.05) is 12.8 Å². The minimum Gasteiger partial charge on any atom is -0.466 e. The van der Waals surface area contributed by atoms with E-state index in [1.54, 1.807) is 0 Å². The molecule has 6 heteroatoms. The normalized spacial score (nSPS) is 12.6. The lowest BCUT2D eigenvalue weighted by atomic mass is 10.0. The molecular weight excluding hydrogens is 959 g/mol. The molecule has 0 aliphatic heterocycles. The van der Waals surface area contributed by atoms with Crippen LogP contribution in [-0.2, 0) is 14.3 Å². The molecule has 0 rings (SSSR count). The van der Waals surface area contributed by atoms with Crippen LogP contribution in [0.5, 0.6) is 0 Å². The van der Waals surface area contributed by atoms with Crippen LogP contribution in [0.1, 0.15) is 399 Å². The van der Waals surface area contributed by atoms with Crippen molar-refractivity contribution in [3.8, 4) is 0 Å². The quantitative estimate of drug-likeness (QED) is 0.0320. The first-order valence-corrected chi connectivity index (χ1v) is 35.6. The topological polar surface area (TPSA) is 95.9 Å². The molecule has 1 amide bonds. The monoisotopic (exact) mass is 1100 g/mol. The lowest BCUT2D eigenvalue weighted by Gasteiger charge is -2.22. The number of hydrogen-bond donors (Lipinski definition) is 3. The molecule has 2 atom stereocenters. The van der Waals surface area contributed by atoms with Crippen molar-refractivity contribution in [3.63, 3.8) is 0 Å². The molecule has 0 radical (unpaired) electrons. The number of amides is 1. The van der Waals surface area contributed by atoms with Crippen molar-refractivity contribution in [2.24, 2.45) is 0 Å². The summed E-state index contributed by atoms with van der Waals surface area (Å²) >= 11 is 0. The van der Waals surface area contributed by atoms with Crippen LogP contribution in [0.15, 0.2) is 24.3 Å². The first-order chi connectivity index (χ1) is 38.5. The molecule has 0 saturated heterocycles. The molecule has 0 spiro atoms. The summed E-state index contributed by atoms with van der Waals surface area (Å²) in [6, 6.07) is -0.550. The third-order valence-corrected chi connectivity index (χ3v) is 16.8. The molecule has 0 fully saturated rings. The first kappa shape index (κ1) is 76.3. The summed E-state index contributed by atoms with van der Waals surface area (Å²) in [5.74, 6) is -0.0295. The number of nitrogens with one attached hydrogen (secondary N) is 1. The van der Waals surface area contributed by atoms with Gasteiger partial charge in [0.05, 0.1) is 25.4 Å². The van der Waals surface area contributed by atoms with Gasteiger partial charge in [0.15, 0.2) is 0 Å². The maximum absolute atomic E-state index is 12.5. The minimum atomic E-state index is -0.672. The van der Waals surface area contributed by atoms with Gasteiger partial charge >= 0.3 is 5.97 Å². The Labute approximate surface area is 488 Å². The third-order valence-electron chi connectivity index (χ3n) is 16.8. The number of unbranched alkanes of at least 4 members (excludes halogenated alkanes) is 52. The number of aliphatic hydroxyl groups is 2. The number of hydrogen-bond acceptors (Lipinski definition) is 5. The second kappa shape index (κ2) is 67.8. The number of allylic oxidation sites excluding steroid dienone is 4. The fourth-order valence-corrected chi connectivity index (χ4v) is 11.3. The van der Waals surface area contributed by atoms with Crippen LogP contribution in [0, 0.1) is 0 Å². The van der Waals surface area contributed by atoms with E-state index < -0.39 is 12.1 Å². The summed E-state index contributed by atoms with van der Waals surface area (Å²) in [5.41, 5.74) is 0. The molecule has 0 aliphatic rings. The van der Waals surface area contributed by atoms with Crippen molar-refractivity contribution in [2.75, 3.05) is 13.2 Å². The zero-order chi connectivity index (χ0) is 56.4. The Hall–Kier alpha value is -1.66. The highest BCUT2D eigenvalue weighted by Gasteiger charge is 2.20. The van der Waals surface area contributed by atoms with Crippen LogP contribution in [-0.4, -0.2) is 47.4 Å². The lowest BCUT2D eigenvalue weighted by molar-refractivity contribution is -0.143. The second-order valence-electron chi connectivity index (χ2n) is 24.6. The predicted octanol–water partition coefficient (Wildman–Crippen LogP) is 22.9. The van der Waals surface area contributed by atoms with Gasteiger partial charge in [-0.1, -0.05) is 353 Å². The zero-order valence-corrected chi connectivity index (χ0v) is 52.9. The van der Waals surface area contributed by atoms with E-state index in [0.717, 1.165) is 44.9 Å². The average Bonchev–Trinajstić information content (AvgIpc) is 3.44. The lowest BCUT2D eigenvalue weighted by Crippen LogP contribution is -2.45. The largest absolute Gasteiger partial charge is 0.466 e. The maximum atomic E-state index is 12.5. The van der Waals surface area contributed by atoms with Gasteiger partial charge in [-0.3, -0.25) is 9.59 Å². The van der Waals surface area contributed by atoms with E-state index in [-0.39, 0.29) is 18.5 Å². The maximum Gasteiger partial charge on any atom is 0.305 e. The van der Waals surface area contributed by atoms with E-state index in [1.807, 2.05) is 0 Å². The number of rotatable bonds is 67. The molecule has 0 saturated carbocycles. The molecule has 78 heavy (non-hydrogen) atoms. The van der Waals surface area contributed by atoms with E-state index >= 15 is 0 Å². The van der Waals surface area contributed by atoms with Crippen LogP contribution in [0.2, 0.25) is 0 Å². The Balaban J connectivity index is 3.43. The van der Waals surface area contributed by atoms with Gasteiger partial charge in [-0.2, -0.15) is 0 Å². The van der Waals surface area contributed by atoms with E-state index in [4.69, 9.17) is 4.74 Å². The number of ether oxygens (including phenoxy) is 1. The predicted molar refractivity (Wildman–Crippen MR) is 343 cm³/mol. The van der Waals surface area contributed by atoms with Gasteiger partial charge in [-0.15, -0.1) is 0 Å². The molecule has 0 heterocycles. The van der Waals surface area contributed by atoms with Crippen molar-refractivity contribution < 1.29 is 24.5 Å². The molecule has 0 aliphatic carbocycles. The molecule has 0 aromatic rings. The molecule has 462 valence electrons. The second-order valence-corrected chi connectivity index (χ2v) is 24.6. The summed E-state index contributed by atoms with van der Waals surface area (Å²) in [5, 5.41) is 23.4. The molecule has 0 aromatic heterocycles. The van der Waals surface area contributed by atoms with Gasteiger partial charge in [0.2, 0.25) is 5.91 Å². The van der Waals surface area contributed by atoms with Crippen LogP contribution in [0.4, 0.5) is 0 Å². The fraction of sp³-hybridized carbons (Fsp3) is 0.917. The van der Waals surface area contributed by atoms with Gasteiger partial charge in [-0.05, 0) is 57.8 Å². The van der Waals surface area contributed by atoms with Gasteiger partial charge in [0.1, 0.15) is 0 Å². The Morgan fingerprint density at radius 3 is 0.974 bits per heavy atom. The molecular formula is C72H139NO5. The van der Waals surface area contributed by atoms with Crippen LogP contribution >= 0.6 is 0 Å². The average molecular weight is 1100 g/mol. The Kier molecular flexibility index (Phi) is 66.4. The molecule has 6 nitrogen and oxygen atoms in total. The zero-order valence-electron chi connectivity index (χ0n) is 52.9. The Bertz CT molecular complexity index is 1220. The van der Waals surface area contributed by atoms with E-state index in [0.29, 0.717) is 25.9 Å². The van der Waals surface area contributed by atoms with Crippen molar-refractivity contribution >= 4 is 11.9 Å². The number of carbonyl (C=O) groups is 2. The molecule has 0 bridgehead atoms. The summed E-state index contributed by atoms with van der Waals surface area (Å²) < 4.78 is 5.50. The highest BCUT2D eigenvalue weighted by Crippen LogP contribution is 2.19. The summed E-state index contributed by atoms with van der Waals surface area (Å²) in [7, 11) is 0. The van der Waals surface area contributed by atoms with Crippen molar-refractivity contribution in [1.29, 1.82) is 0 Å². The highest BCUT2D eigenvalue weighted by molar-refractivity contribution is 5.76. The smallest absolute Gasteiger partial charge is 0.305 e. The Morgan fingerprint density at radius 1 is 0.359 bits per heavy atom. The van der Waals surface area contributed by atoms with Crippen LogP contribution in [0.25, 0.3) is 0 Å². The fourth-order valence-electron chi connectivity index (χ4n) is 11.3. The first-order valence-electron chi connectivity index (χ1n) is 35.6. The molecule has 3 N–H and O–H groups in total. The summed E-state index contributed by atoms with van der Waals surface area (Å²) in [6.45, 7) is 4.99. The van der Waals surface area contributed by atoms with E-state index in [2.05, 4.69) is 43.5 Å². The minimum absolute atomic E-state index is 0.0115. The van der Waals surface area contributed by atoms with E-state index in [9.17, 15) is 19.8 Å². The van der Waals surface area contributed by atoms with Crippen molar-refractivity contribution in [2.45, 2.75) is 411 Å². The molecule has 2 unspecified atom stereocenters. The SMILES string of the molecule is CCCCCCCCCCCCCCCCCCCCCCCCC(O)C(CO)NC(=O)CCCCCCCCC/C=C\C/C=C\CCCCCCCCCCCOC(=O)CCCCCCCCCCCCCCCCCC. The van der Waals surface area contributed by atoms with Crippen molar-refractivity contribution in [1.82, 2.24) is 5.32 Å². The van der Waals surface area contributed by atoms with E-state index in [1.165, 1.54) is 321 Å².